The minimum atomic E-state index is 0.578. The van der Waals surface area contributed by atoms with Gasteiger partial charge in [-0.3, -0.25) is 0 Å². The van der Waals surface area contributed by atoms with Crippen LogP contribution in [0.2, 0.25) is 4.47 Å². The Kier molecular flexibility index (Phi) is 4.01. The Hall–Kier alpha value is -1.92. The zero-order chi connectivity index (χ0) is 15.6. The number of aryl methyl sites for hydroxylation is 1. The number of hydrogen-bond donors (Lipinski definition) is 1. The average Bonchev–Trinajstić information content (AvgIpc) is 3.20. The summed E-state index contributed by atoms with van der Waals surface area (Å²) in [5, 5.41) is 12.1. The van der Waals surface area contributed by atoms with Gasteiger partial charge in [0.15, 0.2) is 10.3 Å². The fourth-order valence-corrected chi connectivity index (χ4v) is 3.73. The van der Waals surface area contributed by atoms with Gasteiger partial charge in [-0.05, 0) is 37.1 Å². The molecule has 0 saturated heterocycles. The summed E-state index contributed by atoms with van der Waals surface area (Å²) in [5.74, 6) is 2.08. The van der Waals surface area contributed by atoms with E-state index in [-0.39, 0.29) is 0 Å². The van der Waals surface area contributed by atoms with Crippen LogP contribution >= 0.6 is 22.9 Å². The van der Waals surface area contributed by atoms with Gasteiger partial charge in [-0.1, -0.05) is 11.6 Å². The summed E-state index contributed by atoms with van der Waals surface area (Å²) in [4.78, 5) is 5.16. The molecule has 1 aromatic carbocycles. The van der Waals surface area contributed by atoms with Crippen LogP contribution in [-0.2, 0) is 19.5 Å². The molecule has 4 rings (SSSR count). The van der Waals surface area contributed by atoms with E-state index in [1.165, 1.54) is 24.2 Å². The average molecular weight is 346 g/mol. The maximum absolute atomic E-state index is 5.84. The van der Waals surface area contributed by atoms with Gasteiger partial charge in [-0.2, -0.15) is 0 Å². The number of fused-ring (bicyclic) bond motifs is 1. The number of nitrogens with one attached hydrogen (secondary N) is 1. The van der Waals surface area contributed by atoms with Gasteiger partial charge in [0.05, 0.1) is 6.54 Å². The number of aromatic nitrogens is 4. The second kappa shape index (κ2) is 6.29. The van der Waals surface area contributed by atoms with Gasteiger partial charge in [-0.15, -0.1) is 21.5 Å². The summed E-state index contributed by atoms with van der Waals surface area (Å²) >= 11 is 7.34. The maximum Gasteiger partial charge on any atom is 0.183 e. The molecular formula is C16H16ClN5S. The van der Waals surface area contributed by atoms with Crippen molar-refractivity contribution in [2.75, 3.05) is 5.32 Å². The third-order valence-corrected chi connectivity index (χ3v) is 5.11. The quantitative estimate of drug-likeness (QED) is 0.776. The molecule has 0 bridgehead atoms. The molecule has 118 valence electrons. The number of anilines is 1. The summed E-state index contributed by atoms with van der Waals surface area (Å²) in [6, 6.07) is 8.33. The molecule has 1 N–H and O–H groups in total. The van der Waals surface area contributed by atoms with Gasteiger partial charge in [0.1, 0.15) is 5.82 Å². The monoisotopic (exact) mass is 345 g/mol. The van der Waals surface area contributed by atoms with Crippen LogP contribution in [0.4, 0.5) is 5.69 Å². The first kappa shape index (κ1) is 14.7. The highest BCUT2D eigenvalue weighted by Crippen LogP contribution is 2.25. The standard InChI is InChI=1S/C16H16ClN5S/c17-16-19-10-13(23-16)9-18-12-6-4-11(5-7-12)15-21-20-14-3-1-2-8-22(14)15/h4-7,10,18H,1-3,8-9H2. The van der Waals surface area contributed by atoms with Gasteiger partial charge < -0.3 is 9.88 Å². The van der Waals surface area contributed by atoms with E-state index in [1.807, 2.05) is 0 Å². The number of thiazole rings is 1. The third-order valence-electron chi connectivity index (χ3n) is 3.99. The lowest BCUT2D eigenvalue weighted by Crippen LogP contribution is -2.11. The smallest absolute Gasteiger partial charge is 0.183 e. The fourth-order valence-electron chi connectivity index (χ4n) is 2.81. The van der Waals surface area contributed by atoms with Crippen LogP contribution in [0.1, 0.15) is 23.5 Å². The molecular weight excluding hydrogens is 330 g/mol. The van der Waals surface area contributed by atoms with Crippen molar-refractivity contribution >= 4 is 28.6 Å². The minimum absolute atomic E-state index is 0.578. The molecule has 2 aromatic heterocycles. The molecule has 5 nitrogen and oxygen atoms in total. The van der Waals surface area contributed by atoms with E-state index < -0.39 is 0 Å². The van der Waals surface area contributed by atoms with E-state index in [0.29, 0.717) is 4.47 Å². The molecule has 7 heteroatoms. The van der Waals surface area contributed by atoms with Crippen LogP contribution in [0.3, 0.4) is 0 Å². The molecule has 3 aromatic rings. The van der Waals surface area contributed by atoms with Crippen molar-refractivity contribution in [2.24, 2.45) is 0 Å². The van der Waals surface area contributed by atoms with Crippen molar-refractivity contribution in [2.45, 2.75) is 32.4 Å². The van der Waals surface area contributed by atoms with Crippen molar-refractivity contribution in [1.29, 1.82) is 0 Å². The SMILES string of the molecule is Clc1ncc(CNc2ccc(-c3nnc4n3CCCC4)cc2)s1. The molecule has 3 heterocycles. The van der Waals surface area contributed by atoms with E-state index in [4.69, 9.17) is 11.6 Å². The molecule has 23 heavy (non-hydrogen) atoms. The molecule has 0 spiro atoms. The van der Waals surface area contributed by atoms with E-state index >= 15 is 0 Å². The van der Waals surface area contributed by atoms with Crippen LogP contribution in [0.5, 0.6) is 0 Å². The molecule has 0 fully saturated rings. The largest absolute Gasteiger partial charge is 0.380 e. The highest BCUT2D eigenvalue weighted by Gasteiger charge is 2.16. The fraction of sp³-hybridized carbons (Fsp3) is 0.312. The zero-order valence-corrected chi connectivity index (χ0v) is 14.1. The van der Waals surface area contributed by atoms with Crippen molar-refractivity contribution in [3.63, 3.8) is 0 Å². The normalized spacial score (nSPS) is 13.8. The summed E-state index contributed by atoms with van der Waals surface area (Å²) in [6.45, 7) is 1.74. The number of nitrogens with zero attached hydrogens (tertiary/aromatic N) is 4. The second-order valence-electron chi connectivity index (χ2n) is 5.56. The van der Waals surface area contributed by atoms with Crippen LogP contribution < -0.4 is 5.32 Å². The van der Waals surface area contributed by atoms with Gasteiger partial charge in [-0.25, -0.2) is 4.98 Å². The van der Waals surface area contributed by atoms with Crippen molar-refractivity contribution in [3.8, 4) is 11.4 Å². The lowest BCUT2D eigenvalue weighted by Gasteiger charge is -2.14. The van der Waals surface area contributed by atoms with Crippen LogP contribution in [0.15, 0.2) is 30.5 Å². The second-order valence-corrected chi connectivity index (χ2v) is 7.26. The molecule has 0 aliphatic carbocycles. The van der Waals surface area contributed by atoms with Crippen LogP contribution in [0, 0.1) is 0 Å². The van der Waals surface area contributed by atoms with Gasteiger partial charge in [0, 0.05) is 35.3 Å². The Morgan fingerprint density at radius 2 is 2.04 bits per heavy atom. The Bertz CT molecular complexity index is 808. The predicted octanol–water partition coefficient (Wildman–Crippen LogP) is 4.00. The Balaban J connectivity index is 1.48. The Morgan fingerprint density at radius 3 is 2.83 bits per heavy atom. The molecule has 1 aliphatic rings. The Labute approximate surface area is 143 Å². The number of halogens is 1. The Morgan fingerprint density at radius 1 is 1.17 bits per heavy atom. The van der Waals surface area contributed by atoms with Gasteiger partial charge in [0.25, 0.3) is 0 Å². The van der Waals surface area contributed by atoms with E-state index in [0.717, 1.165) is 47.3 Å². The zero-order valence-electron chi connectivity index (χ0n) is 12.5. The van der Waals surface area contributed by atoms with E-state index in [9.17, 15) is 0 Å². The first-order valence-electron chi connectivity index (χ1n) is 7.66. The summed E-state index contributed by atoms with van der Waals surface area (Å²) < 4.78 is 2.82. The molecule has 1 aliphatic heterocycles. The van der Waals surface area contributed by atoms with Crippen molar-refractivity contribution in [1.82, 2.24) is 19.7 Å². The van der Waals surface area contributed by atoms with Crippen molar-refractivity contribution in [3.05, 3.63) is 45.6 Å². The predicted molar refractivity (Wildman–Crippen MR) is 92.8 cm³/mol. The molecule has 0 saturated carbocycles. The lowest BCUT2D eigenvalue weighted by atomic mass is 10.1. The van der Waals surface area contributed by atoms with Crippen molar-refractivity contribution < 1.29 is 0 Å². The molecule has 0 unspecified atom stereocenters. The summed E-state index contributed by atoms with van der Waals surface area (Å²) in [7, 11) is 0. The number of hydrogen-bond acceptors (Lipinski definition) is 5. The van der Waals surface area contributed by atoms with Crippen LogP contribution in [-0.4, -0.2) is 19.7 Å². The highest BCUT2D eigenvalue weighted by molar-refractivity contribution is 7.15. The first-order valence-corrected chi connectivity index (χ1v) is 8.85. The van der Waals surface area contributed by atoms with E-state index in [1.54, 1.807) is 6.20 Å². The topological polar surface area (TPSA) is 55.6 Å². The number of rotatable bonds is 4. The molecule has 0 amide bonds. The molecule has 0 radical (unpaired) electrons. The highest BCUT2D eigenvalue weighted by atomic mass is 35.5. The minimum Gasteiger partial charge on any atom is -0.380 e. The number of benzene rings is 1. The maximum atomic E-state index is 5.84. The summed E-state index contributed by atoms with van der Waals surface area (Å²) in [5.41, 5.74) is 2.17. The van der Waals surface area contributed by atoms with E-state index in [2.05, 4.69) is 49.3 Å². The first-order chi connectivity index (χ1) is 11.3. The van der Waals surface area contributed by atoms with Gasteiger partial charge in [0.2, 0.25) is 0 Å². The lowest BCUT2D eigenvalue weighted by molar-refractivity contribution is 0.526. The van der Waals surface area contributed by atoms with Crippen LogP contribution in [0.25, 0.3) is 11.4 Å². The molecule has 0 atom stereocenters. The summed E-state index contributed by atoms with van der Waals surface area (Å²) in [6.07, 6.45) is 5.25. The van der Waals surface area contributed by atoms with Gasteiger partial charge >= 0.3 is 0 Å². The third kappa shape index (κ3) is 3.09.